The van der Waals surface area contributed by atoms with Gasteiger partial charge in [-0.1, -0.05) is 61.2 Å². The first-order valence-electron chi connectivity index (χ1n) is 13.1. The summed E-state index contributed by atoms with van der Waals surface area (Å²) in [6.45, 7) is 3.99. The Morgan fingerprint density at radius 3 is 2.29 bits per heavy atom. The lowest BCUT2D eigenvalue weighted by Gasteiger charge is -2.32. The Kier molecular flexibility index (Phi) is 10.9. The van der Waals surface area contributed by atoms with Crippen LogP contribution in [-0.4, -0.2) is 50.0 Å². The molecule has 7 nitrogen and oxygen atoms in total. The second-order valence-electron chi connectivity index (χ2n) is 9.91. The van der Waals surface area contributed by atoms with Crippen LogP contribution in [0.3, 0.4) is 0 Å². The monoisotopic (exact) mass is 581 g/mol. The average Bonchev–Trinajstić information content (AvgIpc) is 3.35. The van der Waals surface area contributed by atoms with Gasteiger partial charge < -0.3 is 10.2 Å². The van der Waals surface area contributed by atoms with Crippen molar-refractivity contribution in [2.45, 2.75) is 77.4 Å². The Morgan fingerprint density at radius 1 is 1.08 bits per heavy atom. The van der Waals surface area contributed by atoms with Crippen LogP contribution < -0.4 is 9.62 Å². The van der Waals surface area contributed by atoms with Crippen LogP contribution in [0.25, 0.3) is 0 Å². The number of carbonyl (C=O) groups is 2. The van der Waals surface area contributed by atoms with Gasteiger partial charge in [-0.3, -0.25) is 13.9 Å². The first-order chi connectivity index (χ1) is 18.0. The zero-order chi connectivity index (χ0) is 27.9. The van der Waals surface area contributed by atoms with Crippen molar-refractivity contribution in [1.82, 2.24) is 10.2 Å². The molecule has 10 heteroatoms. The molecular formula is C28H37Cl2N3O4S. The van der Waals surface area contributed by atoms with Crippen molar-refractivity contribution in [1.29, 1.82) is 0 Å². The van der Waals surface area contributed by atoms with E-state index in [0.29, 0.717) is 27.7 Å². The molecule has 0 bridgehead atoms. The van der Waals surface area contributed by atoms with Crippen molar-refractivity contribution in [3.8, 4) is 0 Å². The first-order valence-corrected chi connectivity index (χ1v) is 15.7. The van der Waals surface area contributed by atoms with Crippen molar-refractivity contribution in [3.05, 3.63) is 63.6 Å². The summed E-state index contributed by atoms with van der Waals surface area (Å²) in [7, 11) is -3.55. The standard InChI is InChI=1S/C28H37Cl2N3O4S/c1-4-26(28(35)31-21-11-5-6-12-21)32(19-23-24(29)14-8-15-25(23)30)27(34)16-9-17-33(38(3,36)37)22-13-7-10-20(2)18-22/h7-8,10,13-15,18,21,26H,4-6,9,11-12,16-17,19H2,1-3H3,(H,31,35). The molecule has 1 saturated carbocycles. The number of carbonyl (C=O) groups excluding carboxylic acids is 2. The van der Waals surface area contributed by atoms with E-state index in [1.807, 2.05) is 19.9 Å². The fraction of sp³-hybridized carbons (Fsp3) is 0.500. The number of rotatable bonds is 12. The van der Waals surface area contributed by atoms with Crippen LogP contribution in [-0.2, 0) is 26.2 Å². The summed E-state index contributed by atoms with van der Waals surface area (Å²) in [6.07, 6.45) is 5.96. The van der Waals surface area contributed by atoms with Crippen LogP contribution in [0.1, 0.15) is 63.0 Å². The highest BCUT2D eigenvalue weighted by Gasteiger charge is 2.31. The summed E-state index contributed by atoms with van der Waals surface area (Å²) in [5, 5.41) is 3.96. The number of sulfonamides is 1. The number of anilines is 1. The molecule has 38 heavy (non-hydrogen) atoms. The van der Waals surface area contributed by atoms with E-state index < -0.39 is 16.1 Å². The lowest BCUT2D eigenvalue weighted by molar-refractivity contribution is -0.141. The van der Waals surface area contributed by atoms with Crippen molar-refractivity contribution in [3.63, 3.8) is 0 Å². The number of nitrogens with one attached hydrogen (secondary N) is 1. The third kappa shape index (κ3) is 8.10. The zero-order valence-corrected chi connectivity index (χ0v) is 24.6. The van der Waals surface area contributed by atoms with Crippen LogP contribution in [0.15, 0.2) is 42.5 Å². The summed E-state index contributed by atoms with van der Waals surface area (Å²) < 4.78 is 26.4. The maximum Gasteiger partial charge on any atom is 0.243 e. The third-order valence-corrected chi connectivity index (χ3v) is 8.82. The number of hydrogen-bond donors (Lipinski definition) is 1. The fourth-order valence-corrected chi connectivity index (χ4v) is 6.40. The minimum atomic E-state index is -3.55. The molecular weight excluding hydrogens is 545 g/mol. The summed E-state index contributed by atoms with van der Waals surface area (Å²) in [5.41, 5.74) is 2.07. The Bertz CT molecular complexity index is 1210. The summed E-state index contributed by atoms with van der Waals surface area (Å²) in [6, 6.07) is 11.8. The third-order valence-electron chi connectivity index (χ3n) is 6.92. The molecule has 2 aromatic rings. The molecule has 0 saturated heterocycles. The van der Waals surface area contributed by atoms with Crippen molar-refractivity contribution < 1.29 is 18.0 Å². The largest absolute Gasteiger partial charge is 0.352 e. The van der Waals surface area contributed by atoms with Gasteiger partial charge in [-0.15, -0.1) is 0 Å². The van der Waals surface area contributed by atoms with Gasteiger partial charge in [0, 0.05) is 41.2 Å². The number of hydrogen-bond acceptors (Lipinski definition) is 4. The molecule has 1 atom stereocenters. The molecule has 0 radical (unpaired) electrons. The lowest BCUT2D eigenvalue weighted by Crippen LogP contribution is -2.51. The molecule has 2 aromatic carbocycles. The lowest BCUT2D eigenvalue weighted by atomic mass is 10.1. The van der Waals surface area contributed by atoms with Gasteiger partial charge in [-0.05, 0) is 62.4 Å². The quantitative estimate of drug-likeness (QED) is 0.347. The highest BCUT2D eigenvalue weighted by Crippen LogP contribution is 2.28. The van der Waals surface area contributed by atoms with Gasteiger partial charge in [0.05, 0.1) is 11.9 Å². The van der Waals surface area contributed by atoms with Gasteiger partial charge >= 0.3 is 0 Å². The predicted octanol–water partition coefficient (Wildman–Crippen LogP) is 5.71. The molecule has 1 aliphatic carbocycles. The molecule has 1 N–H and O–H groups in total. The van der Waals surface area contributed by atoms with E-state index in [1.54, 1.807) is 36.4 Å². The molecule has 1 unspecified atom stereocenters. The maximum absolute atomic E-state index is 13.6. The van der Waals surface area contributed by atoms with Crippen LogP contribution in [0, 0.1) is 6.92 Å². The first kappa shape index (κ1) is 30.3. The van der Waals surface area contributed by atoms with E-state index in [-0.39, 0.29) is 43.8 Å². The molecule has 1 aliphatic rings. The predicted molar refractivity (Wildman–Crippen MR) is 154 cm³/mol. The smallest absolute Gasteiger partial charge is 0.243 e. The van der Waals surface area contributed by atoms with E-state index >= 15 is 0 Å². The van der Waals surface area contributed by atoms with Crippen molar-refractivity contribution in [2.75, 3.05) is 17.1 Å². The number of nitrogens with zero attached hydrogens (tertiary/aromatic N) is 2. The van der Waals surface area contributed by atoms with Crippen LogP contribution in [0.2, 0.25) is 10.0 Å². The summed E-state index contributed by atoms with van der Waals surface area (Å²) >= 11 is 12.8. The van der Waals surface area contributed by atoms with Gasteiger partial charge in [0.2, 0.25) is 21.8 Å². The number of benzene rings is 2. The highest BCUT2D eigenvalue weighted by molar-refractivity contribution is 7.92. The Morgan fingerprint density at radius 2 is 1.71 bits per heavy atom. The second kappa shape index (κ2) is 13.7. The maximum atomic E-state index is 13.6. The van der Waals surface area contributed by atoms with E-state index in [2.05, 4.69) is 5.32 Å². The average molecular weight is 583 g/mol. The molecule has 1 fully saturated rings. The van der Waals surface area contributed by atoms with Gasteiger partial charge in [-0.2, -0.15) is 0 Å². The van der Waals surface area contributed by atoms with E-state index in [9.17, 15) is 18.0 Å². The summed E-state index contributed by atoms with van der Waals surface area (Å²) in [5.74, 6) is -0.444. The van der Waals surface area contributed by atoms with Crippen molar-refractivity contribution >= 4 is 50.7 Å². The van der Waals surface area contributed by atoms with E-state index in [1.165, 1.54) is 9.21 Å². The minimum absolute atomic E-state index is 0.0626. The minimum Gasteiger partial charge on any atom is -0.352 e. The number of aryl methyl sites for hydroxylation is 1. The normalized spacial score (nSPS) is 14.8. The van der Waals surface area contributed by atoms with Crippen LogP contribution >= 0.6 is 23.2 Å². The molecule has 0 aromatic heterocycles. The Labute approximate surface area is 236 Å². The van der Waals surface area contributed by atoms with Gasteiger partial charge in [0.1, 0.15) is 6.04 Å². The van der Waals surface area contributed by atoms with Gasteiger partial charge in [0.25, 0.3) is 0 Å². The second-order valence-corrected chi connectivity index (χ2v) is 12.6. The van der Waals surface area contributed by atoms with Crippen LogP contribution in [0.4, 0.5) is 5.69 Å². The molecule has 0 heterocycles. The topological polar surface area (TPSA) is 86.8 Å². The Balaban J connectivity index is 1.80. The molecule has 3 rings (SSSR count). The fourth-order valence-electron chi connectivity index (χ4n) is 4.93. The van der Waals surface area contributed by atoms with Crippen LogP contribution in [0.5, 0.6) is 0 Å². The molecule has 208 valence electrons. The van der Waals surface area contributed by atoms with Gasteiger partial charge in [-0.25, -0.2) is 8.42 Å². The van der Waals surface area contributed by atoms with E-state index in [0.717, 1.165) is 37.5 Å². The number of amides is 2. The zero-order valence-electron chi connectivity index (χ0n) is 22.3. The molecule has 0 spiro atoms. The summed E-state index contributed by atoms with van der Waals surface area (Å²) in [4.78, 5) is 28.5. The SMILES string of the molecule is CCC(C(=O)NC1CCCC1)N(Cc1c(Cl)cccc1Cl)C(=O)CCCN(c1cccc(C)c1)S(C)(=O)=O. The number of halogens is 2. The van der Waals surface area contributed by atoms with Crippen molar-refractivity contribution in [2.24, 2.45) is 0 Å². The Hall–Kier alpha value is -2.29. The molecule has 2 amide bonds. The van der Waals surface area contributed by atoms with E-state index in [4.69, 9.17) is 23.2 Å². The van der Waals surface area contributed by atoms with Gasteiger partial charge in [0.15, 0.2) is 0 Å². The highest BCUT2D eigenvalue weighted by atomic mass is 35.5. The molecule has 0 aliphatic heterocycles.